The van der Waals surface area contributed by atoms with E-state index in [1.807, 2.05) is 0 Å². The fourth-order valence-electron chi connectivity index (χ4n) is 6.96. The fraction of sp³-hybridized carbons (Fsp3) is 0.889. The van der Waals surface area contributed by atoms with Gasteiger partial charge in [-0.2, -0.15) is 5.26 Å². The van der Waals surface area contributed by atoms with Crippen LogP contribution in [0.2, 0.25) is 0 Å². The number of likely N-dealkylation sites (tertiary alicyclic amines) is 1. The molecule has 0 aromatic carbocycles. The van der Waals surface area contributed by atoms with Crippen molar-refractivity contribution < 1.29 is 15.4 Å². The minimum atomic E-state index is -0.594. The van der Waals surface area contributed by atoms with Crippen LogP contribution in [0, 0.1) is 34.5 Å². The Bertz CT molecular complexity index is 601. The van der Waals surface area contributed by atoms with Crippen LogP contribution in [0.3, 0.4) is 0 Å². The molecule has 1 saturated heterocycles. The van der Waals surface area contributed by atoms with E-state index in [0.717, 1.165) is 38.5 Å². The van der Waals surface area contributed by atoms with E-state index in [2.05, 4.69) is 6.07 Å². The second kappa shape index (κ2) is 4.94. The third kappa shape index (κ3) is 2.08. The van der Waals surface area contributed by atoms with Gasteiger partial charge in [0.05, 0.1) is 17.7 Å². The molecule has 6 nitrogen and oxygen atoms in total. The summed E-state index contributed by atoms with van der Waals surface area (Å²) in [5, 5.41) is 20.2. The predicted octanol–water partition coefficient (Wildman–Crippen LogP) is 0.333. The Balaban J connectivity index is 0.00000146. The zero-order valence-electron chi connectivity index (χ0n) is 13.9. The monoisotopic (exact) mass is 333 g/mol. The van der Waals surface area contributed by atoms with Gasteiger partial charge >= 0.3 is 0 Å². The molecule has 0 aromatic rings. The van der Waals surface area contributed by atoms with Gasteiger partial charge in [-0.1, -0.05) is 0 Å². The molecular weight excluding hydrogens is 306 g/mol. The molecule has 24 heavy (non-hydrogen) atoms. The van der Waals surface area contributed by atoms with E-state index in [-0.39, 0.29) is 28.9 Å². The molecule has 6 fully saturated rings. The molecule has 6 heteroatoms. The molecule has 0 aromatic heterocycles. The molecule has 6 aliphatic rings. The lowest BCUT2D eigenvalue weighted by molar-refractivity contribution is -0.177. The number of nitriles is 1. The number of piperidine rings is 1. The zero-order chi connectivity index (χ0) is 16.0. The Morgan fingerprint density at radius 2 is 1.88 bits per heavy atom. The van der Waals surface area contributed by atoms with Crippen molar-refractivity contribution in [3.05, 3.63) is 0 Å². The molecule has 1 amide bonds. The summed E-state index contributed by atoms with van der Waals surface area (Å²) >= 11 is 0. The van der Waals surface area contributed by atoms with Crippen LogP contribution in [-0.4, -0.2) is 45.1 Å². The molecule has 1 aliphatic heterocycles. The first-order chi connectivity index (χ1) is 10.9. The average molecular weight is 333 g/mol. The number of aliphatic hydroxyl groups is 1. The van der Waals surface area contributed by atoms with Crippen molar-refractivity contribution in [1.29, 1.82) is 5.26 Å². The first-order valence-electron chi connectivity index (χ1n) is 9.13. The highest BCUT2D eigenvalue weighted by molar-refractivity contribution is 5.84. The molecule has 5 N–H and O–H groups in total. The van der Waals surface area contributed by atoms with Gasteiger partial charge in [-0.05, 0) is 74.5 Å². The lowest BCUT2D eigenvalue weighted by atomic mass is 9.46. The van der Waals surface area contributed by atoms with Crippen molar-refractivity contribution in [3.63, 3.8) is 0 Å². The maximum Gasteiger partial charge on any atom is 0.241 e. The standard InChI is InChI=1S/C18H25N3O2.H2O/c19-8-13-2-12-3-14(12)21(13)16(22)15(20)17-4-10-1-11(5-17)7-18(23,6-10)9-17;/h10-15,23H,1-7,9,20H2;1H2/t10?,11?,12-,13-,14-,15+,17?,18?;/m0./s1. The summed E-state index contributed by atoms with van der Waals surface area (Å²) in [5.74, 6) is 1.56. The summed E-state index contributed by atoms with van der Waals surface area (Å²) in [6, 6.07) is 1.72. The Kier molecular flexibility index (Phi) is 3.36. The van der Waals surface area contributed by atoms with E-state index in [9.17, 15) is 15.2 Å². The van der Waals surface area contributed by atoms with Crippen molar-refractivity contribution in [1.82, 2.24) is 4.90 Å². The highest BCUT2D eigenvalue weighted by Crippen LogP contribution is 2.63. The van der Waals surface area contributed by atoms with E-state index in [1.54, 1.807) is 4.90 Å². The van der Waals surface area contributed by atoms with Crippen molar-refractivity contribution in [3.8, 4) is 6.07 Å². The SMILES string of the molecule is N#C[C@@H]1C[C@H]2C[C@@H]2N1C(=O)[C@@H](N)C12CC3CC(CC(O)(C3)C1)C2.O. The first kappa shape index (κ1) is 16.3. The van der Waals surface area contributed by atoms with Crippen LogP contribution < -0.4 is 5.73 Å². The van der Waals surface area contributed by atoms with Crippen LogP contribution in [0.4, 0.5) is 0 Å². The van der Waals surface area contributed by atoms with Gasteiger partial charge in [-0.25, -0.2) is 0 Å². The number of rotatable bonds is 2. The van der Waals surface area contributed by atoms with Crippen LogP contribution in [0.5, 0.6) is 0 Å². The van der Waals surface area contributed by atoms with E-state index >= 15 is 0 Å². The number of nitrogens with two attached hydrogens (primary N) is 1. The first-order valence-corrected chi connectivity index (χ1v) is 9.13. The molecule has 1 heterocycles. The summed E-state index contributed by atoms with van der Waals surface area (Å²) in [6.07, 6.45) is 7.48. The zero-order valence-corrected chi connectivity index (χ0v) is 13.9. The van der Waals surface area contributed by atoms with Gasteiger partial charge in [-0.15, -0.1) is 0 Å². The van der Waals surface area contributed by atoms with Gasteiger partial charge in [-0.3, -0.25) is 4.79 Å². The molecule has 0 radical (unpaired) electrons. The van der Waals surface area contributed by atoms with Crippen molar-refractivity contribution >= 4 is 5.91 Å². The summed E-state index contributed by atoms with van der Waals surface area (Å²) in [7, 11) is 0. The van der Waals surface area contributed by atoms with Crippen LogP contribution in [0.15, 0.2) is 0 Å². The average Bonchev–Trinajstić information content (AvgIpc) is 3.14. The number of nitrogens with zero attached hydrogens (tertiary/aromatic N) is 2. The largest absolute Gasteiger partial charge is 0.412 e. The third-order valence-electron chi connectivity index (χ3n) is 7.51. The fourth-order valence-corrected chi connectivity index (χ4v) is 6.96. The molecule has 132 valence electrons. The Labute approximate surface area is 142 Å². The number of fused-ring (bicyclic) bond motifs is 1. The van der Waals surface area contributed by atoms with Gasteiger partial charge in [0.2, 0.25) is 5.91 Å². The lowest BCUT2D eigenvalue weighted by Crippen LogP contribution is -2.64. The lowest BCUT2D eigenvalue weighted by Gasteiger charge is -2.61. The molecule has 2 unspecified atom stereocenters. The topological polar surface area (TPSA) is 122 Å². The maximum atomic E-state index is 13.1. The van der Waals surface area contributed by atoms with Gasteiger partial charge in [0.25, 0.3) is 0 Å². The summed E-state index contributed by atoms with van der Waals surface area (Å²) < 4.78 is 0. The van der Waals surface area contributed by atoms with Gasteiger partial charge < -0.3 is 21.2 Å². The van der Waals surface area contributed by atoms with Crippen LogP contribution >= 0.6 is 0 Å². The third-order valence-corrected chi connectivity index (χ3v) is 7.51. The number of hydrogen-bond acceptors (Lipinski definition) is 4. The summed E-state index contributed by atoms with van der Waals surface area (Å²) in [4.78, 5) is 14.9. The Morgan fingerprint density at radius 1 is 1.21 bits per heavy atom. The number of carbonyl (C=O) groups is 1. The Hall–Kier alpha value is -1.16. The van der Waals surface area contributed by atoms with Crippen molar-refractivity contribution in [2.24, 2.45) is 28.9 Å². The molecule has 0 spiro atoms. The minimum absolute atomic E-state index is 0. The molecule has 5 saturated carbocycles. The summed E-state index contributed by atoms with van der Waals surface area (Å²) in [5.41, 5.74) is 5.71. The quantitative estimate of drug-likeness (QED) is 0.756. The van der Waals surface area contributed by atoms with Crippen LogP contribution in [-0.2, 0) is 4.79 Å². The Morgan fingerprint density at radius 3 is 2.46 bits per heavy atom. The number of hydrogen-bond donors (Lipinski definition) is 2. The molecule has 6 rings (SSSR count). The van der Waals surface area contributed by atoms with Crippen LogP contribution in [0.25, 0.3) is 0 Å². The van der Waals surface area contributed by atoms with Crippen molar-refractivity contribution in [2.75, 3.05) is 0 Å². The predicted molar refractivity (Wildman–Crippen MR) is 86.4 cm³/mol. The summed E-state index contributed by atoms with van der Waals surface area (Å²) in [6.45, 7) is 0. The van der Waals surface area contributed by atoms with E-state index in [4.69, 9.17) is 5.73 Å². The molecule has 4 bridgehead atoms. The van der Waals surface area contributed by atoms with Crippen LogP contribution in [0.1, 0.15) is 51.4 Å². The molecule has 6 atom stereocenters. The second-order valence-electron chi connectivity index (χ2n) is 9.21. The number of carbonyl (C=O) groups excluding carboxylic acids is 1. The smallest absolute Gasteiger partial charge is 0.241 e. The van der Waals surface area contributed by atoms with Gasteiger partial charge in [0.15, 0.2) is 0 Å². The normalized spacial score (nSPS) is 51.5. The maximum absolute atomic E-state index is 13.1. The van der Waals surface area contributed by atoms with E-state index in [1.165, 1.54) is 6.42 Å². The minimum Gasteiger partial charge on any atom is -0.412 e. The van der Waals surface area contributed by atoms with E-state index < -0.39 is 11.6 Å². The number of amides is 1. The molecular formula is C18H27N3O3. The molecule has 5 aliphatic carbocycles. The van der Waals surface area contributed by atoms with Crippen molar-refractivity contribution in [2.45, 2.75) is 75.1 Å². The highest BCUT2D eigenvalue weighted by atomic mass is 16.3. The second-order valence-corrected chi connectivity index (χ2v) is 9.21. The highest BCUT2D eigenvalue weighted by Gasteiger charge is 2.62. The van der Waals surface area contributed by atoms with Gasteiger partial charge in [0, 0.05) is 6.04 Å². The van der Waals surface area contributed by atoms with E-state index in [0.29, 0.717) is 24.2 Å². The van der Waals surface area contributed by atoms with Gasteiger partial charge in [0.1, 0.15) is 6.04 Å².